The number of carbonyl (C=O) groups is 2. The number of rotatable bonds is 8. The van der Waals surface area contributed by atoms with E-state index in [1.807, 2.05) is 48.5 Å². The number of fused-ring (bicyclic) bond motifs is 3. The number of carboxylic acids is 1. The van der Waals surface area contributed by atoms with E-state index < -0.39 is 28.5 Å². The second-order valence-electron chi connectivity index (χ2n) is 7.70. The second-order valence-corrected chi connectivity index (χ2v) is 8.72. The van der Waals surface area contributed by atoms with Gasteiger partial charge in [-0.3, -0.25) is 4.55 Å². The van der Waals surface area contributed by atoms with Crippen molar-refractivity contribution in [3.63, 3.8) is 0 Å². The van der Waals surface area contributed by atoms with Gasteiger partial charge in [-0.15, -0.1) is 0 Å². The Morgan fingerprint density at radius 1 is 0.943 bits per heavy atom. The normalized spacial score (nSPS) is 13.1. The molecule has 3 aromatic carbocycles. The zero-order valence-electron chi connectivity index (χ0n) is 18.7. The maximum atomic E-state index is 12.4. The molecule has 176 valence electrons. The fourth-order valence-corrected chi connectivity index (χ4v) is 4.37. The van der Waals surface area contributed by atoms with Crippen LogP contribution >= 0.6 is 0 Å². The van der Waals surface area contributed by atoms with Crippen molar-refractivity contribution in [2.24, 2.45) is 0 Å². The topological polar surface area (TPSA) is 142 Å². The van der Waals surface area contributed by atoms with Crippen LogP contribution in [0, 0.1) is 0 Å². The van der Waals surface area contributed by atoms with E-state index in [1.165, 1.54) is 24.3 Å². The van der Waals surface area contributed by atoms with Crippen LogP contribution in [0.25, 0.3) is 11.1 Å². The minimum Gasteiger partial charge on any atom is -0.548 e. The van der Waals surface area contributed by atoms with E-state index in [4.69, 9.17) is 9.29 Å². The third-order valence-electron chi connectivity index (χ3n) is 5.48. The number of hydrogen-bond acceptors (Lipinski definition) is 7. The third-order valence-corrected chi connectivity index (χ3v) is 5.89. The van der Waals surface area contributed by atoms with E-state index in [9.17, 15) is 23.1 Å². The zero-order chi connectivity index (χ0) is 24.3. The van der Waals surface area contributed by atoms with Crippen LogP contribution in [0.2, 0.25) is 0 Å². The van der Waals surface area contributed by atoms with Crippen LogP contribution < -0.4 is 44.2 Å². The van der Waals surface area contributed by atoms with Crippen molar-refractivity contribution in [3.05, 3.63) is 89.5 Å². The average molecular weight is 505 g/mol. The van der Waals surface area contributed by atoms with Gasteiger partial charge in [0.25, 0.3) is 0 Å². The quantitative estimate of drug-likeness (QED) is 0.296. The number of carbonyl (C=O) groups excluding carboxylic acids is 2. The van der Waals surface area contributed by atoms with Crippen molar-refractivity contribution in [2.75, 3.05) is 6.61 Å². The van der Waals surface area contributed by atoms with Gasteiger partial charge in [0.2, 0.25) is 0 Å². The molecule has 0 fully saturated rings. The van der Waals surface area contributed by atoms with Crippen LogP contribution in [0.5, 0.6) is 5.75 Å². The minimum absolute atomic E-state index is 0. The maximum Gasteiger partial charge on any atom is 1.00 e. The monoisotopic (exact) mass is 505 g/mol. The summed E-state index contributed by atoms with van der Waals surface area (Å²) in [4.78, 5) is 24.0. The summed E-state index contributed by atoms with van der Waals surface area (Å²) in [5.74, 6) is -1.83. The molecule has 35 heavy (non-hydrogen) atoms. The molecule has 0 aromatic heterocycles. The summed E-state index contributed by atoms with van der Waals surface area (Å²) >= 11 is 0. The SMILES string of the molecule is O=C(N[C@@H](Cc1ccc(OS(=O)(=O)O)cc1)C(=O)[O-])OCC1c2ccccc2-c2ccccc21.[Na+]. The molecule has 1 atom stereocenters. The maximum absolute atomic E-state index is 12.4. The molecule has 0 aliphatic heterocycles. The van der Waals surface area contributed by atoms with Gasteiger partial charge in [0.05, 0.1) is 12.0 Å². The summed E-state index contributed by atoms with van der Waals surface area (Å²) in [5.41, 5.74) is 4.65. The zero-order valence-corrected chi connectivity index (χ0v) is 21.5. The van der Waals surface area contributed by atoms with Crippen molar-refractivity contribution in [1.82, 2.24) is 5.32 Å². The number of carboxylic acid groups (broad SMARTS) is 1. The molecular weight excluding hydrogens is 485 g/mol. The Bertz CT molecular complexity index is 1280. The van der Waals surface area contributed by atoms with Gasteiger partial charge >= 0.3 is 46.0 Å². The number of aliphatic carboxylic acids is 1. The van der Waals surface area contributed by atoms with E-state index in [2.05, 4.69) is 9.50 Å². The molecule has 0 heterocycles. The molecule has 0 radical (unpaired) electrons. The summed E-state index contributed by atoms with van der Waals surface area (Å²) in [6.07, 6.45) is -1.04. The van der Waals surface area contributed by atoms with Gasteiger partial charge in [0.1, 0.15) is 12.4 Å². The molecule has 4 rings (SSSR count). The predicted octanol–water partition coefficient (Wildman–Crippen LogP) is -0.928. The Kier molecular flexibility index (Phi) is 8.57. The van der Waals surface area contributed by atoms with Crippen molar-refractivity contribution in [2.45, 2.75) is 18.4 Å². The second kappa shape index (κ2) is 11.2. The molecule has 1 aliphatic carbocycles. The third kappa shape index (κ3) is 6.62. The number of ether oxygens (including phenoxy) is 1. The first-order valence-electron chi connectivity index (χ1n) is 10.3. The molecule has 1 amide bonds. The molecule has 2 N–H and O–H groups in total. The number of hydrogen-bond donors (Lipinski definition) is 2. The van der Waals surface area contributed by atoms with Crippen LogP contribution in [-0.4, -0.2) is 37.7 Å². The van der Waals surface area contributed by atoms with Crippen LogP contribution in [0.3, 0.4) is 0 Å². The predicted molar refractivity (Wildman–Crippen MR) is 119 cm³/mol. The first-order valence-corrected chi connectivity index (χ1v) is 11.7. The minimum atomic E-state index is -4.67. The molecule has 11 heteroatoms. The largest absolute Gasteiger partial charge is 1.00 e. The van der Waals surface area contributed by atoms with E-state index in [-0.39, 0.29) is 54.3 Å². The van der Waals surface area contributed by atoms with Crippen LogP contribution in [0.4, 0.5) is 4.79 Å². The van der Waals surface area contributed by atoms with E-state index in [0.29, 0.717) is 5.56 Å². The summed E-state index contributed by atoms with van der Waals surface area (Å²) in [6.45, 7) is 0.0291. The van der Waals surface area contributed by atoms with Gasteiger partial charge in [-0.1, -0.05) is 60.7 Å². The van der Waals surface area contributed by atoms with Crippen molar-refractivity contribution in [1.29, 1.82) is 0 Å². The number of alkyl carbamates (subject to hydrolysis) is 1. The Morgan fingerprint density at radius 2 is 1.49 bits per heavy atom. The van der Waals surface area contributed by atoms with Gasteiger partial charge in [-0.25, -0.2) is 4.79 Å². The summed E-state index contributed by atoms with van der Waals surface area (Å²) in [7, 11) is -4.67. The fraction of sp³-hybridized carbons (Fsp3) is 0.167. The van der Waals surface area contributed by atoms with Crippen molar-refractivity contribution < 1.29 is 66.1 Å². The van der Waals surface area contributed by atoms with Gasteiger partial charge in [-0.2, -0.15) is 8.42 Å². The van der Waals surface area contributed by atoms with Gasteiger partial charge in [-0.05, 0) is 46.4 Å². The van der Waals surface area contributed by atoms with E-state index >= 15 is 0 Å². The Labute approximate surface area is 224 Å². The summed E-state index contributed by atoms with van der Waals surface area (Å²) < 4.78 is 39.9. The summed E-state index contributed by atoms with van der Waals surface area (Å²) in [5, 5.41) is 13.9. The van der Waals surface area contributed by atoms with Crippen molar-refractivity contribution >= 4 is 22.5 Å². The molecule has 0 saturated heterocycles. The standard InChI is InChI=1S/C24H21NO8S.Na/c26-23(27)22(13-15-9-11-16(12-10-15)33-34(29,30)31)25-24(28)32-14-21-19-7-3-1-5-17(19)18-6-2-4-8-20(18)21;/h1-12,21-22H,13-14H2,(H,25,28)(H,26,27)(H,29,30,31);/q;+1/p-1/t22-;/m0./s1. The Morgan fingerprint density at radius 3 is 2.00 bits per heavy atom. The molecule has 0 saturated carbocycles. The molecule has 0 bridgehead atoms. The van der Waals surface area contributed by atoms with Crippen LogP contribution in [0.15, 0.2) is 72.8 Å². The van der Waals surface area contributed by atoms with Gasteiger partial charge < -0.3 is 24.1 Å². The first kappa shape index (κ1) is 26.7. The number of benzene rings is 3. The van der Waals surface area contributed by atoms with E-state index in [0.717, 1.165) is 22.3 Å². The Balaban J connectivity index is 0.00000342. The molecular formula is C24H20NNaO8S. The molecule has 0 spiro atoms. The molecule has 0 unspecified atom stereocenters. The average Bonchev–Trinajstić information content (AvgIpc) is 3.11. The molecule has 1 aliphatic rings. The van der Waals surface area contributed by atoms with Gasteiger partial charge in [0.15, 0.2) is 0 Å². The van der Waals surface area contributed by atoms with Crippen molar-refractivity contribution in [3.8, 4) is 16.9 Å². The number of amides is 1. The molecule has 9 nitrogen and oxygen atoms in total. The van der Waals surface area contributed by atoms with Crippen LogP contribution in [0.1, 0.15) is 22.6 Å². The number of nitrogens with one attached hydrogen (secondary N) is 1. The first-order chi connectivity index (χ1) is 16.2. The smallest absolute Gasteiger partial charge is 0.548 e. The fourth-order valence-electron chi connectivity index (χ4n) is 4.01. The molecule has 3 aromatic rings. The van der Waals surface area contributed by atoms with Gasteiger partial charge in [0, 0.05) is 5.92 Å². The summed E-state index contributed by atoms with van der Waals surface area (Å²) in [6, 6.07) is 19.6. The van der Waals surface area contributed by atoms with E-state index in [1.54, 1.807) is 0 Å². The Hall–Kier alpha value is -2.89. The van der Waals surface area contributed by atoms with Crippen LogP contribution in [-0.2, 0) is 26.4 Å².